The summed E-state index contributed by atoms with van der Waals surface area (Å²) in [4.78, 5) is 21.2. The van der Waals surface area contributed by atoms with Crippen molar-refractivity contribution in [3.05, 3.63) is 28.4 Å². The number of amides is 1. The SMILES string of the molecule is CC(=O)Nc1c([N+](=O)[O-])ccc2cn[nH]c12. The van der Waals surface area contributed by atoms with Gasteiger partial charge in [0.15, 0.2) is 0 Å². The summed E-state index contributed by atoms with van der Waals surface area (Å²) >= 11 is 0. The van der Waals surface area contributed by atoms with Gasteiger partial charge in [0.1, 0.15) is 5.69 Å². The number of nitrogens with one attached hydrogen (secondary N) is 2. The molecule has 0 atom stereocenters. The Morgan fingerprint density at radius 2 is 2.31 bits per heavy atom. The molecule has 0 unspecified atom stereocenters. The Bertz CT molecular complexity index is 575. The zero-order chi connectivity index (χ0) is 11.7. The molecule has 0 aliphatic carbocycles. The van der Waals surface area contributed by atoms with Gasteiger partial charge in [-0.3, -0.25) is 20.0 Å². The molecule has 7 heteroatoms. The molecule has 0 aliphatic rings. The van der Waals surface area contributed by atoms with Gasteiger partial charge >= 0.3 is 0 Å². The molecule has 0 spiro atoms. The van der Waals surface area contributed by atoms with E-state index in [1.807, 2.05) is 0 Å². The minimum atomic E-state index is -0.550. The summed E-state index contributed by atoms with van der Waals surface area (Å²) in [6.07, 6.45) is 1.53. The maximum atomic E-state index is 11.0. The van der Waals surface area contributed by atoms with E-state index in [9.17, 15) is 14.9 Å². The van der Waals surface area contributed by atoms with Crippen LogP contribution in [0.25, 0.3) is 10.9 Å². The highest BCUT2D eigenvalue weighted by molar-refractivity contribution is 6.03. The highest BCUT2D eigenvalue weighted by Crippen LogP contribution is 2.31. The highest BCUT2D eigenvalue weighted by Gasteiger charge is 2.18. The second-order valence-corrected chi connectivity index (χ2v) is 3.23. The molecule has 0 aliphatic heterocycles. The van der Waals surface area contributed by atoms with Gasteiger partial charge in [0, 0.05) is 18.4 Å². The van der Waals surface area contributed by atoms with Crippen molar-refractivity contribution in [2.75, 3.05) is 5.32 Å². The van der Waals surface area contributed by atoms with Crippen molar-refractivity contribution in [2.45, 2.75) is 6.92 Å². The third-order valence-electron chi connectivity index (χ3n) is 2.09. The standard InChI is InChI=1S/C9H8N4O3/c1-5(14)11-9-7(13(15)16)3-2-6-4-10-12-8(6)9/h2-4H,1H3,(H,10,12)(H,11,14). The topological polar surface area (TPSA) is 101 Å². The number of carbonyl (C=O) groups excluding carboxylic acids is 1. The number of aromatic amines is 1. The van der Waals surface area contributed by atoms with Crippen molar-refractivity contribution in [1.82, 2.24) is 10.2 Å². The van der Waals surface area contributed by atoms with Gasteiger partial charge in [-0.05, 0) is 6.07 Å². The number of fused-ring (bicyclic) bond motifs is 1. The monoisotopic (exact) mass is 220 g/mol. The quantitative estimate of drug-likeness (QED) is 0.590. The zero-order valence-corrected chi connectivity index (χ0v) is 8.35. The number of nitro groups is 1. The Labute approximate surface area is 89.6 Å². The third kappa shape index (κ3) is 1.58. The van der Waals surface area contributed by atoms with Crippen LogP contribution in [0.1, 0.15) is 6.92 Å². The number of benzene rings is 1. The minimum absolute atomic E-state index is 0.146. The number of anilines is 1. The lowest BCUT2D eigenvalue weighted by molar-refractivity contribution is -0.383. The van der Waals surface area contributed by atoms with Gasteiger partial charge < -0.3 is 5.32 Å². The van der Waals surface area contributed by atoms with Crippen LogP contribution in [-0.4, -0.2) is 21.0 Å². The fourth-order valence-electron chi connectivity index (χ4n) is 1.46. The van der Waals surface area contributed by atoms with E-state index < -0.39 is 4.92 Å². The number of H-pyrrole nitrogens is 1. The molecule has 0 fully saturated rings. The third-order valence-corrected chi connectivity index (χ3v) is 2.09. The number of nitrogens with zero attached hydrogens (tertiary/aromatic N) is 2. The molecule has 1 heterocycles. The number of hydrogen-bond donors (Lipinski definition) is 2. The number of hydrogen-bond acceptors (Lipinski definition) is 4. The molecule has 0 saturated heterocycles. The van der Waals surface area contributed by atoms with Crippen LogP contribution in [0, 0.1) is 10.1 Å². The molecular formula is C9H8N4O3. The van der Waals surface area contributed by atoms with Crippen LogP contribution in [0.15, 0.2) is 18.3 Å². The van der Waals surface area contributed by atoms with Crippen LogP contribution in [-0.2, 0) is 4.79 Å². The molecule has 7 nitrogen and oxygen atoms in total. The Morgan fingerprint density at radius 1 is 1.56 bits per heavy atom. The lowest BCUT2D eigenvalue weighted by atomic mass is 10.2. The first-order valence-corrected chi connectivity index (χ1v) is 4.47. The first-order valence-electron chi connectivity index (χ1n) is 4.47. The van der Waals surface area contributed by atoms with E-state index in [1.165, 1.54) is 19.2 Å². The molecule has 1 aromatic heterocycles. The number of rotatable bonds is 2. The number of nitro benzene ring substituents is 1. The van der Waals surface area contributed by atoms with Crippen molar-refractivity contribution < 1.29 is 9.72 Å². The van der Waals surface area contributed by atoms with Gasteiger partial charge in [-0.1, -0.05) is 0 Å². The van der Waals surface area contributed by atoms with Crippen LogP contribution in [0.2, 0.25) is 0 Å². The van der Waals surface area contributed by atoms with Crippen LogP contribution >= 0.6 is 0 Å². The lowest BCUT2D eigenvalue weighted by Gasteiger charge is -2.04. The molecular weight excluding hydrogens is 212 g/mol. The summed E-state index contributed by atoms with van der Waals surface area (Å²) in [5.74, 6) is -0.370. The van der Waals surface area contributed by atoms with Gasteiger partial charge in [0.2, 0.25) is 5.91 Å². The molecule has 0 bridgehead atoms. The van der Waals surface area contributed by atoms with E-state index in [2.05, 4.69) is 15.5 Å². The Balaban J connectivity index is 2.70. The molecule has 82 valence electrons. The largest absolute Gasteiger partial charge is 0.319 e. The fourth-order valence-corrected chi connectivity index (χ4v) is 1.46. The van der Waals surface area contributed by atoms with Gasteiger partial charge in [-0.15, -0.1) is 0 Å². The second kappa shape index (κ2) is 3.61. The van der Waals surface area contributed by atoms with Crippen molar-refractivity contribution in [1.29, 1.82) is 0 Å². The summed E-state index contributed by atoms with van der Waals surface area (Å²) in [5.41, 5.74) is 0.434. The van der Waals surface area contributed by atoms with E-state index in [1.54, 1.807) is 6.07 Å². The van der Waals surface area contributed by atoms with Crippen molar-refractivity contribution >= 4 is 28.2 Å². The summed E-state index contributed by atoms with van der Waals surface area (Å²) in [6, 6.07) is 2.91. The van der Waals surface area contributed by atoms with Crippen LogP contribution in [0.3, 0.4) is 0 Å². The Hall–Kier alpha value is -2.44. The number of carbonyl (C=O) groups is 1. The first-order chi connectivity index (χ1) is 7.59. The summed E-state index contributed by atoms with van der Waals surface area (Å²) in [6.45, 7) is 1.29. The van der Waals surface area contributed by atoms with Crippen molar-refractivity contribution in [2.24, 2.45) is 0 Å². The molecule has 2 N–H and O–H groups in total. The predicted molar refractivity (Wildman–Crippen MR) is 57.1 cm³/mol. The van der Waals surface area contributed by atoms with Crippen molar-refractivity contribution in [3.63, 3.8) is 0 Å². The van der Waals surface area contributed by atoms with E-state index in [0.717, 1.165) is 0 Å². The normalized spacial score (nSPS) is 10.3. The second-order valence-electron chi connectivity index (χ2n) is 3.23. The smallest absolute Gasteiger partial charge is 0.295 e. The van der Waals surface area contributed by atoms with E-state index in [-0.39, 0.29) is 17.3 Å². The molecule has 0 saturated carbocycles. The highest BCUT2D eigenvalue weighted by atomic mass is 16.6. The minimum Gasteiger partial charge on any atom is -0.319 e. The first kappa shape index (κ1) is 10.1. The molecule has 1 aromatic carbocycles. The van der Waals surface area contributed by atoms with E-state index in [0.29, 0.717) is 10.9 Å². The maximum Gasteiger partial charge on any atom is 0.295 e. The Morgan fingerprint density at radius 3 is 2.94 bits per heavy atom. The number of aromatic nitrogens is 2. The lowest BCUT2D eigenvalue weighted by Crippen LogP contribution is -2.08. The predicted octanol–water partition coefficient (Wildman–Crippen LogP) is 1.43. The van der Waals surface area contributed by atoms with Gasteiger partial charge in [-0.25, -0.2) is 0 Å². The van der Waals surface area contributed by atoms with Gasteiger partial charge in [-0.2, -0.15) is 5.10 Å². The van der Waals surface area contributed by atoms with Crippen LogP contribution in [0.4, 0.5) is 11.4 Å². The van der Waals surface area contributed by atoms with E-state index >= 15 is 0 Å². The summed E-state index contributed by atoms with van der Waals surface area (Å²) in [5, 5.41) is 20.3. The molecule has 2 rings (SSSR count). The average molecular weight is 220 g/mol. The molecule has 0 radical (unpaired) electrons. The van der Waals surface area contributed by atoms with Gasteiger partial charge in [0.05, 0.1) is 16.6 Å². The average Bonchev–Trinajstić information content (AvgIpc) is 2.64. The molecule has 1 amide bonds. The maximum absolute atomic E-state index is 11.0. The Kier molecular flexibility index (Phi) is 2.28. The summed E-state index contributed by atoms with van der Waals surface area (Å²) in [7, 11) is 0. The fraction of sp³-hybridized carbons (Fsp3) is 0.111. The van der Waals surface area contributed by atoms with Crippen molar-refractivity contribution in [3.8, 4) is 0 Å². The molecule has 16 heavy (non-hydrogen) atoms. The molecule has 2 aromatic rings. The summed E-state index contributed by atoms with van der Waals surface area (Å²) < 4.78 is 0. The van der Waals surface area contributed by atoms with E-state index in [4.69, 9.17) is 0 Å². The zero-order valence-electron chi connectivity index (χ0n) is 8.35. The van der Waals surface area contributed by atoms with Crippen LogP contribution < -0.4 is 5.32 Å². The van der Waals surface area contributed by atoms with Gasteiger partial charge in [0.25, 0.3) is 5.69 Å². The van der Waals surface area contributed by atoms with Crippen LogP contribution in [0.5, 0.6) is 0 Å².